The second-order valence-corrected chi connectivity index (χ2v) is 4.96. The quantitative estimate of drug-likeness (QED) is 0.785. The molecule has 3 nitrogen and oxygen atoms in total. The Morgan fingerprint density at radius 2 is 2.17 bits per heavy atom. The summed E-state index contributed by atoms with van der Waals surface area (Å²) < 4.78 is 5.44. The van der Waals surface area contributed by atoms with Crippen LogP contribution >= 0.6 is 0 Å². The van der Waals surface area contributed by atoms with Crippen molar-refractivity contribution in [3.8, 4) is 5.75 Å². The fraction of sp³-hybridized carbons (Fsp3) is 0.600. The van der Waals surface area contributed by atoms with Crippen LogP contribution in [0.5, 0.6) is 5.75 Å². The molecule has 0 amide bonds. The first-order valence-corrected chi connectivity index (χ1v) is 6.81. The average Bonchev–Trinajstić information content (AvgIpc) is 2.88. The SMILES string of the molecule is COc1ccccc1C1CCN(CCCCO)C1. The molecule has 100 valence electrons. The van der Waals surface area contributed by atoms with Gasteiger partial charge in [-0.1, -0.05) is 18.2 Å². The zero-order chi connectivity index (χ0) is 12.8. The number of aliphatic hydroxyl groups excluding tert-OH is 1. The number of likely N-dealkylation sites (tertiary alicyclic amines) is 1. The molecule has 1 fully saturated rings. The monoisotopic (exact) mass is 249 g/mol. The molecule has 1 aromatic rings. The second kappa shape index (κ2) is 6.76. The minimum absolute atomic E-state index is 0.309. The number of para-hydroxylation sites is 1. The van der Waals surface area contributed by atoms with E-state index in [2.05, 4.69) is 17.0 Å². The molecule has 1 saturated heterocycles. The molecule has 0 spiro atoms. The molecule has 1 unspecified atom stereocenters. The summed E-state index contributed by atoms with van der Waals surface area (Å²) in [6.07, 6.45) is 3.21. The summed E-state index contributed by atoms with van der Waals surface area (Å²) in [4.78, 5) is 2.49. The van der Waals surface area contributed by atoms with Gasteiger partial charge in [-0.05, 0) is 44.0 Å². The molecule has 1 aromatic carbocycles. The lowest BCUT2D eigenvalue weighted by Crippen LogP contribution is -2.21. The van der Waals surface area contributed by atoms with E-state index in [0.29, 0.717) is 12.5 Å². The first-order chi connectivity index (χ1) is 8.85. The summed E-state index contributed by atoms with van der Waals surface area (Å²) in [7, 11) is 1.74. The minimum Gasteiger partial charge on any atom is -0.496 e. The van der Waals surface area contributed by atoms with Crippen LogP contribution in [-0.2, 0) is 0 Å². The maximum Gasteiger partial charge on any atom is 0.122 e. The van der Waals surface area contributed by atoms with E-state index in [4.69, 9.17) is 9.84 Å². The van der Waals surface area contributed by atoms with Crippen LogP contribution < -0.4 is 4.74 Å². The van der Waals surface area contributed by atoms with Gasteiger partial charge >= 0.3 is 0 Å². The molecule has 0 radical (unpaired) electrons. The topological polar surface area (TPSA) is 32.7 Å². The van der Waals surface area contributed by atoms with Crippen molar-refractivity contribution >= 4 is 0 Å². The van der Waals surface area contributed by atoms with E-state index in [0.717, 1.165) is 38.2 Å². The number of rotatable bonds is 6. The lowest BCUT2D eigenvalue weighted by molar-refractivity contribution is 0.263. The van der Waals surface area contributed by atoms with Gasteiger partial charge in [-0.2, -0.15) is 0 Å². The van der Waals surface area contributed by atoms with E-state index >= 15 is 0 Å². The number of benzene rings is 1. The van der Waals surface area contributed by atoms with Gasteiger partial charge in [-0.25, -0.2) is 0 Å². The summed E-state index contributed by atoms with van der Waals surface area (Å²) >= 11 is 0. The van der Waals surface area contributed by atoms with Crippen molar-refractivity contribution in [2.75, 3.05) is 33.4 Å². The number of methoxy groups -OCH3 is 1. The molecule has 1 atom stereocenters. The lowest BCUT2D eigenvalue weighted by Gasteiger charge is -2.17. The maximum absolute atomic E-state index is 8.80. The number of aliphatic hydroxyl groups is 1. The van der Waals surface area contributed by atoms with Crippen molar-refractivity contribution in [1.82, 2.24) is 4.90 Å². The van der Waals surface area contributed by atoms with Crippen LogP contribution in [0.25, 0.3) is 0 Å². The molecular formula is C15H23NO2. The predicted octanol–water partition coefficient (Wildman–Crippen LogP) is 2.26. The minimum atomic E-state index is 0.309. The van der Waals surface area contributed by atoms with Gasteiger partial charge in [-0.15, -0.1) is 0 Å². The molecule has 0 aliphatic carbocycles. The third-order valence-electron chi connectivity index (χ3n) is 3.73. The molecule has 0 saturated carbocycles. The maximum atomic E-state index is 8.80. The van der Waals surface area contributed by atoms with E-state index in [1.54, 1.807) is 7.11 Å². The van der Waals surface area contributed by atoms with Crippen molar-refractivity contribution < 1.29 is 9.84 Å². The Morgan fingerprint density at radius 3 is 2.94 bits per heavy atom. The Morgan fingerprint density at radius 1 is 1.33 bits per heavy atom. The highest BCUT2D eigenvalue weighted by Crippen LogP contribution is 2.33. The van der Waals surface area contributed by atoms with Gasteiger partial charge in [0.15, 0.2) is 0 Å². The molecule has 1 aliphatic rings. The standard InChI is InChI=1S/C15H23NO2/c1-18-15-7-3-2-6-14(15)13-8-10-16(12-13)9-4-5-11-17/h2-3,6-7,13,17H,4-5,8-12H2,1H3. The Labute approximate surface area is 109 Å². The van der Waals surface area contributed by atoms with Gasteiger partial charge in [0.2, 0.25) is 0 Å². The molecule has 1 N–H and O–H groups in total. The molecule has 18 heavy (non-hydrogen) atoms. The van der Waals surface area contributed by atoms with Crippen LogP contribution in [-0.4, -0.2) is 43.4 Å². The van der Waals surface area contributed by atoms with Gasteiger partial charge in [0, 0.05) is 19.1 Å². The highest BCUT2D eigenvalue weighted by molar-refractivity contribution is 5.36. The van der Waals surface area contributed by atoms with Crippen molar-refractivity contribution in [2.45, 2.75) is 25.2 Å². The molecule has 1 aliphatic heterocycles. The number of ether oxygens (including phenoxy) is 1. The second-order valence-electron chi connectivity index (χ2n) is 4.96. The van der Waals surface area contributed by atoms with Crippen molar-refractivity contribution in [1.29, 1.82) is 0 Å². The fourth-order valence-corrected chi connectivity index (χ4v) is 2.74. The number of hydrogen-bond donors (Lipinski definition) is 1. The first-order valence-electron chi connectivity index (χ1n) is 6.81. The molecule has 0 bridgehead atoms. The van der Waals surface area contributed by atoms with E-state index in [9.17, 15) is 0 Å². The lowest BCUT2D eigenvalue weighted by atomic mass is 9.97. The van der Waals surface area contributed by atoms with Gasteiger partial charge < -0.3 is 14.7 Å². The van der Waals surface area contributed by atoms with Crippen molar-refractivity contribution in [3.63, 3.8) is 0 Å². The van der Waals surface area contributed by atoms with E-state index in [1.807, 2.05) is 12.1 Å². The molecule has 2 rings (SSSR count). The van der Waals surface area contributed by atoms with Gasteiger partial charge in [0.05, 0.1) is 7.11 Å². The van der Waals surface area contributed by atoms with E-state index < -0.39 is 0 Å². The summed E-state index contributed by atoms with van der Waals surface area (Å²) in [6, 6.07) is 8.34. The normalized spacial score (nSPS) is 20.2. The zero-order valence-corrected chi connectivity index (χ0v) is 11.1. The number of hydrogen-bond acceptors (Lipinski definition) is 3. The molecule has 1 heterocycles. The average molecular weight is 249 g/mol. The van der Waals surface area contributed by atoms with Crippen LogP contribution in [0.4, 0.5) is 0 Å². The van der Waals surface area contributed by atoms with Crippen LogP contribution in [0.15, 0.2) is 24.3 Å². The molecule has 3 heteroatoms. The Hall–Kier alpha value is -1.06. The van der Waals surface area contributed by atoms with E-state index in [-0.39, 0.29) is 0 Å². The Kier molecular flexibility index (Phi) is 5.02. The largest absolute Gasteiger partial charge is 0.496 e. The fourth-order valence-electron chi connectivity index (χ4n) is 2.74. The predicted molar refractivity (Wildman–Crippen MR) is 73.1 cm³/mol. The van der Waals surface area contributed by atoms with Gasteiger partial charge in [-0.3, -0.25) is 0 Å². The third-order valence-corrected chi connectivity index (χ3v) is 3.73. The summed E-state index contributed by atoms with van der Waals surface area (Å²) in [6.45, 7) is 3.69. The zero-order valence-electron chi connectivity index (χ0n) is 11.1. The van der Waals surface area contributed by atoms with Crippen molar-refractivity contribution in [2.24, 2.45) is 0 Å². The van der Waals surface area contributed by atoms with E-state index in [1.165, 1.54) is 12.0 Å². The van der Waals surface area contributed by atoms with Crippen LogP contribution in [0, 0.1) is 0 Å². The van der Waals surface area contributed by atoms with Crippen LogP contribution in [0.1, 0.15) is 30.7 Å². The summed E-state index contributed by atoms with van der Waals surface area (Å²) in [5.74, 6) is 1.61. The van der Waals surface area contributed by atoms with Crippen LogP contribution in [0.2, 0.25) is 0 Å². The molecular weight excluding hydrogens is 226 g/mol. The number of nitrogens with zero attached hydrogens (tertiary/aromatic N) is 1. The van der Waals surface area contributed by atoms with Gasteiger partial charge in [0.1, 0.15) is 5.75 Å². The number of unbranched alkanes of at least 4 members (excludes halogenated alkanes) is 1. The highest BCUT2D eigenvalue weighted by atomic mass is 16.5. The molecule has 0 aromatic heterocycles. The Balaban J connectivity index is 1.91. The summed E-state index contributed by atoms with van der Waals surface area (Å²) in [5.41, 5.74) is 1.34. The van der Waals surface area contributed by atoms with Gasteiger partial charge in [0.25, 0.3) is 0 Å². The third kappa shape index (κ3) is 3.24. The van der Waals surface area contributed by atoms with Crippen LogP contribution in [0.3, 0.4) is 0 Å². The summed E-state index contributed by atoms with van der Waals surface area (Å²) in [5, 5.41) is 8.80. The Bertz CT molecular complexity index is 367. The highest BCUT2D eigenvalue weighted by Gasteiger charge is 2.25. The smallest absolute Gasteiger partial charge is 0.122 e. The first kappa shape index (κ1) is 13.4. The van der Waals surface area contributed by atoms with Crippen molar-refractivity contribution in [3.05, 3.63) is 29.8 Å².